The van der Waals surface area contributed by atoms with E-state index in [0.29, 0.717) is 23.5 Å². The van der Waals surface area contributed by atoms with E-state index in [0.717, 1.165) is 30.5 Å². The highest BCUT2D eigenvalue weighted by Gasteiger charge is 2.14. The predicted molar refractivity (Wildman–Crippen MR) is 122 cm³/mol. The minimum absolute atomic E-state index is 0.000223. The molecule has 2 aromatic rings. The first-order valence-corrected chi connectivity index (χ1v) is 11.2. The highest BCUT2D eigenvalue weighted by atomic mass is 19.1. The number of aromatic nitrogens is 1. The third kappa shape index (κ3) is 7.97. The van der Waals surface area contributed by atoms with Gasteiger partial charge in [-0.1, -0.05) is 40.7 Å². The first-order chi connectivity index (χ1) is 14.1. The van der Waals surface area contributed by atoms with Crippen molar-refractivity contribution in [1.82, 2.24) is 4.98 Å². The maximum Gasteiger partial charge on any atom is 0.213 e. The fraction of sp³-hybridized carbons (Fsp3) is 0.577. The molecule has 1 aromatic heterocycles. The number of benzene rings is 1. The molecule has 166 valence electrons. The zero-order valence-corrected chi connectivity index (χ0v) is 19.6. The van der Waals surface area contributed by atoms with Gasteiger partial charge in [0.1, 0.15) is 11.6 Å². The van der Waals surface area contributed by atoms with Crippen LogP contribution >= 0.6 is 0 Å². The summed E-state index contributed by atoms with van der Waals surface area (Å²) >= 11 is 0. The quantitative estimate of drug-likeness (QED) is 0.380. The van der Waals surface area contributed by atoms with Crippen LogP contribution in [0.3, 0.4) is 0 Å². The van der Waals surface area contributed by atoms with Crippen molar-refractivity contribution in [1.29, 1.82) is 0 Å². The number of rotatable bonds is 11. The van der Waals surface area contributed by atoms with E-state index in [2.05, 4.69) is 47.6 Å². The van der Waals surface area contributed by atoms with Gasteiger partial charge in [0.25, 0.3) is 0 Å². The number of ether oxygens (including phenoxy) is 2. The highest BCUT2D eigenvalue weighted by Crippen LogP contribution is 2.26. The summed E-state index contributed by atoms with van der Waals surface area (Å²) in [6, 6.07) is 11.0. The average Bonchev–Trinajstić information content (AvgIpc) is 2.65. The van der Waals surface area contributed by atoms with E-state index in [1.807, 2.05) is 25.1 Å². The van der Waals surface area contributed by atoms with Gasteiger partial charge in [-0.15, -0.1) is 0 Å². The van der Waals surface area contributed by atoms with Gasteiger partial charge in [-0.3, -0.25) is 0 Å². The van der Waals surface area contributed by atoms with Gasteiger partial charge in [-0.2, -0.15) is 0 Å². The van der Waals surface area contributed by atoms with Gasteiger partial charge in [0.2, 0.25) is 5.88 Å². The summed E-state index contributed by atoms with van der Waals surface area (Å²) in [5.41, 5.74) is 1.99. The van der Waals surface area contributed by atoms with Crippen molar-refractivity contribution in [3.05, 3.63) is 53.5 Å². The first-order valence-electron chi connectivity index (χ1n) is 11.2. The molecule has 0 aliphatic heterocycles. The van der Waals surface area contributed by atoms with Crippen LogP contribution in [0.4, 0.5) is 4.39 Å². The molecular formula is C26H38FNO2. The first kappa shape index (κ1) is 24.2. The van der Waals surface area contributed by atoms with Crippen molar-refractivity contribution in [3.8, 4) is 11.6 Å². The standard InChI is InChI=1S/C26H38FNO2/c1-17(2)13-21(7)30-26-10-8-9-25(28-26)19(5)11-12-20(6)29-24-15-22(18(3)4)14-23(27)16-24/h8-10,14-21H,11-13H2,1-7H3. The third-order valence-corrected chi connectivity index (χ3v) is 5.28. The monoisotopic (exact) mass is 415 g/mol. The maximum absolute atomic E-state index is 13.9. The van der Waals surface area contributed by atoms with Crippen LogP contribution in [0, 0.1) is 11.7 Å². The molecule has 0 fully saturated rings. The lowest BCUT2D eigenvalue weighted by atomic mass is 9.99. The van der Waals surface area contributed by atoms with E-state index in [4.69, 9.17) is 14.5 Å². The molecule has 0 aliphatic rings. The van der Waals surface area contributed by atoms with Crippen LogP contribution in [0.15, 0.2) is 36.4 Å². The van der Waals surface area contributed by atoms with E-state index in [1.165, 1.54) is 6.07 Å². The van der Waals surface area contributed by atoms with Crippen molar-refractivity contribution in [2.45, 2.75) is 91.8 Å². The van der Waals surface area contributed by atoms with Crippen molar-refractivity contribution in [2.24, 2.45) is 5.92 Å². The summed E-state index contributed by atoms with van der Waals surface area (Å²) in [5.74, 6) is 2.20. The number of pyridine rings is 1. The van der Waals surface area contributed by atoms with Crippen LogP contribution < -0.4 is 9.47 Å². The minimum atomic E-state index is -0.246. The molecule has 3 nitrogen and oxygen atoms in total. The van der Waals surface area contributed by atoms with E-state index < -0.39 is 0 Å². The van der Waals surface area contributed by atoms with Crippen molar-refractivity contribution in [3.63, 3.8) is 0 Å². The smallest absolute Gasteiger partial charge is 0.213 e. The Labute approximate surface area is 182 Å². The number of hydrogen-bond donors (Lipinski definition) is 0. The molecule has 0 radical (unpaired) electrons. The molecule has 0 N–H and O–H groups in total. The van der Waals surface area contributed by atoms with Crippen LogP contribution in [0.25, 0.3) is 0 Å². The number of hydrogen-bond acceptors (Lipinski definition) is 3. The van der Waals surface area contributed by atoms with Crippen LogP contribution in [0.1, 0.15) is 90.8 Å². The molecule has 3 unspecified atom stereocenters. The Bertz CT molecular complexity index is 790. The third-order valence-electron chi connectivity index (χ3n) is 5.28. The molecule has 0 spiro atoms. The zero-order valence-electron chi connectivity index (χ0n) is 19.6. The molecule has 30 heavy (non-hydrogen) atoms. The van der Waals surface area contributed by atoms with Gasteiger partial charge in [-0.25, -0.2) is 9.37 Å². The lowest BCUT2D eigenvalue weighted by Crippen LogP contribution is -2.16. The molecular weight excluding hydrogens is 377 g/mol. The SMILES string of the molecule is CC(C)CC(C)Oc1cccc(C(C)CCC(C)Oc2cc(F)cc(C(C)C)c2)n1. The van der Waals surface area contributed by atoms with E-state index >= 15 is 0 Å². The summed E-state index contributed by atoms with van der Waals surface area (Å²) in [7, 11) is 0. The summed E-state index contributed by atoms with van der Waals surface area (Å²) in [4.78, 5) is 4.71. The van der Waals surface area contributed by atoms with Gasteiger partial charge in [0.05, 0.1) is 12.2 Å². The van der Waals surface area contributed by atoms with Gasteiger partial charge < -0.3 is 9.47 Å². The van der Waals surface area contributed by atoms with Gasteiger partial charge >= 0.3 is 0 Å². The molecule has 0 saturated carbocycles. The Morgan fingerprint density at radius 2 is 1.60 bits per heavy atom. The topological polar surface area (TPSA) is 31.4 Å². The second kappa shape index (κ2) is 11.3. The van der Waals surface area contributed by atoms with Crippen molar-refractivity contribution < 1.29 is 13.9 Å². The second-order valence-corrected chi connectivity index (χ2v) is 9.24. The van der Waals surface area contributed by atoms with Crippen LogP contribution in [0.2, 0.25) is 0 Å². The zero-order chi connectivity index (χ0) is 22.3. The molecule has 0 aliphatic carbocycles. The molecule has 3 atom stereocenters. The fourth-order valence-electron chi connectivity index (χ4n) is 3.60. The second-order valence-electron chi connectivity index (χ2n) is 9.24. The van der Waals surface area contributed by atoms with E-state index in [9.17, 15) is 4.39 Å². The van der Waals surface area contributed by atoms with Crippen LogP contribution in [0.5, 0.6) is 11.6 Å². The lowest BCUT2D eigenvalue weighted by Gasteiger charge is -2.19. The summed E-state index contributed by atoms with van der Waals surface area (Å²) < 4.78 is 25.9. The Morgan fingerprint density at radius 3 is 2.27 bits per heavy atom. The van der Waals surface area contributed by atoms with Crippen molar-refractivity contribution in [2.75, 3.05) is 0 Å². The average molecular weight is 416 g/mol. The highest BCUT2D eigenvalue weighted by molar-refractivity contribution is 5.31. The van der Waals surface area contributed by atoms with Gasteiger partial charge in [0.15, 0.2) is 0 Å². The molecule has 0 amide bonds. The lowest BCUT2D eigenvalue weighted by molar-refractivity contribution is 0.184. The van der Waals surface area contributed by atoms with E-state index in [-0.39, 0.29) is 23.9 Å². The molecule has 4 heteroatoms. The largest absolute Gasteiger partial charge is 0.491 e. The number of halogens is 1. The molecule has 1 heterocycles. The Morgan fingerprint density at radius 1 is 0.867 bits per heavy atom. The van der Waals surface area contributed by atoms with Crippen molar-refractivity contribution >= 4 is 0 Å². The minimum Gasteiger partial charge on any atom is -0.491 e. The summed E-state index contributed by atoms with van der Waals surface area (Å²) in [5, 5.41) is 0. The number of nitrogens with zero attached hydrogens (tertiary/aromatic N) is 1. The molecule has 0 saturated heterocycles. The van der Waals surface area contributed by atoms with Gasteiger partial charge in [-0.05, 0) is 74.6 Å². The van der Waals surface area contributed by atoms with E-state index in [1.54, 1.807) is 6.07 Å². The Kier molecular flexibility index (Phi) is 9.13. The van der Waals surface area contributed by atoms with Crippen LogP contribution in [-0.4, -0.2) is 17.2 Å². The maximum atomic E-state index is 13.9. The molecule has 2 rings (SSSR count). The Hall–Kier alpha value is -2.10. The van der Waals surface area contributed by atoms with Gasteiger partial charge in [0, 0.05) is 17.8 Å². The predicted octanol–water partition coefficient (Wildman–Crippen LogP) is 7.51. The fourth-order valence-corrected chi connectivity index (χ4v) is 3.60. The van der Waals surface area contributed by atoms with Crippen LogP contribution in [-0.2, 0) is 0 Å². The molecule has 0 bridgehead atoms. The summed E-state index contributed by atoms with van der Waals surface area (Å²) in [6.45, 7) is 14.8. The normalized spacial score (nSPS) is 14.6. The Balaban J connectivity index is 1.91. The summed E-state index contributed by atoms with van der Waals surface area (Å²) in [6.07, 6.45) is 2.96. The molecule has 1 aromatic carbocycles.